The monoisotopic (exact) mass is 238 g/mol. The quantitative estimate of drug-likeness (QED) is 0.513. The lowest BCUT2D eigenvalue weighted by Gasteiger charge is -2.09. The van der Waals surface area contributed by atoms with E-state index in [1.807, 2.05) is 6.08 Å². The molecule has 0 aliphatic heterocycles. The average molecular weight is 239 g/mol. The average Bonchev–Trinajstić information content (AvgIpc) is 1.97. The minimum atomic E-state index is -0.646. The standard InChI is InChI=1S/C8H15BrOS/c1-3-4-8(7-9)5-6-11(2)10/h3,8H,1,4-7H2,2H3. The summed E-state index contributed by atoms with van der Waals surface area (Å²) in [5.74, 6) is 1.42. The summed E-state index contributed by atoms with van der Waals surface area (Å²) in [5.41, 5.74) is 0. The molecule has 0 spiro atoms. The Balaban J connectivity index is 3.51. The molecule has 1 nitrogen and oxygen atoms in total. The van der Waals surface area contributed by atoms with Crippen LogP contribution in [0.3, 0.4) is 0 Å². The minimum Gasteiger partial charge on any atom is -0.260 e. The topological polar surface area (TPSA) is 17.1 Å². The molecular formula is C8H15BrOS. The van der Waals surface area contributed by atoms with Crippen molar-refractivity contribution < 1.29 is 4.21 Å². The van der Waals surface area contributed by atoms with Crippen molar-refractivity contribution >= 4 is 26.7 Å². The fourth-order valence-electron chi connectivity index (χ4n) is 0.826. The van der Waals surface area contributed by atoms with Crippen LogP contribution >= 0.6 is 15.9 Å². The summed E-state index contributed by atoms with van der Waals surface area (Å²) >= 11 is 3.42. The van der Waals surface area contributed by atoms with Crippen molar-refractivity contribution in [3.05, 3.63) is 12.7 Å². The molecule has 2 unspecified atom stereocenters. The van der Waals surface area contributed by atoms with Gasteiger partial charge in [0.2, 0.25) is 0 Å². The van der Waals surface area contributed by atoms with Crippen LogP contribution in [0.25, 0.3) is 0 Å². The van der Waals surface area contributed by atoms with Gasteiger partial charge < -0.3 is 0 Å². The van der Waals surface area contributed by atoms with E-state index in [0.29, 0.717) is 5.92 Å². The van der Waals surface area contributed by atoms with Crippen LogP contribution < -0.4 is 0 Å². The lowest BCUT2D eigenvalue weighted by atomic mass is 10.1. The Labute approximate surface area is 79.8 Å². The molecule has 0 fully saturated rings. The van der Waals surface area contributed by atoms with Crippen LogP contribution in [0.15, 0.2) is 12.7 Å². The van der Waals surface area contributed by atoms with Gasteiger partial charge in [-0.15, -0.1) is 6.58 Å². The van der Waals surface area contributed by atoms with Gasteiger partial charge in [0.25, 0.3) is 0 Å². The first-order valence-electron chi connectivity index (χ1n) is 3.67. The molecule has 0 aromatic rings. The number of halogens is 1. The highest BCUT2D eigenvalue weighted by molar-refractivity contribution is 9.09. The zero-order chi connectivity index (χ0) is 8.69. The van der Waals surface area contributed by atoms with Crippen LogP contribution in [0.1, 0.15) is 12.8 Å². The van der Waals surface area contributed by atoms with E-state index in [1.165, 1.54) is 0 Å². The molecule has 0 bridgehead atoms. The zero-order valence-corrected chi connectivity index (χ0v) is 9.29. The summed E-state index contributed by atoms with van der Waals surface area (Å²) < 4.78 is 10.7. The molecule has 3 heteroatoms. The highest BCUT2D eigenvalue weighted by atomic mass is 79.9. The van der Waals surface area contributed by atoms with Gasteiger partial charge in [0.15, 0.2) is 0 Å². The van der Waals surface area contributed by atoms with Crippen molar-refractivity contribution in [1.82, 2.24) is 0 Å². The van der Waals surface area contributed by atoms with Crippen molar-refractivity contribution in [3.63, 3.8) is 0 Å². The van der Waals surface area contributed by atoms with E-state index in [9.17, 15) is 4.21 Å². The van der Waals surface area contributed by atoms with Gasteiger partial charge in [-0.3, -0.25) is 4.21 Å². The van der Waals surface area contributed by atoms with Crippen molar-refractivity contribution in [2.45, 2.75) is 12.8 Å². The second-order valence-corrected chi connectivity index (χ2v) is 4.81. The van der Waals surface area contributed by atoms with Crippen LogP contribution in [0.4, 0.5) is 0 Å². The Morgan fingerprint density at radius 1 is 1.73 bits per heavy atom. The Bertz CT molecular complexity index is 136. The van der Waals surface area contributed by atoms with Crippen LogP contribution in [0, 0.1) is 5.92 Å². The van der Waals surface area contributed by atoms with Crippen LogP contribution in [-0.2, 0) is 10.8 Å². The molecule has 0 radical (unpaired) electrons. The summed E-state index contributed by atoms with van der Waals surface area (Å²) in [6.07, 6.45) is 5.71. The van der Waals surface area contributed by atoms with E-state index in [2.05, 4.69) is 22.5 Å². The van der Waals surface area contributed by atoms with Crippen LogP contribution in [0.2, 0.25) is 0 Å². The van der Waals surface area contributed by atoms with Crippen molar-refractivity contribution in [2.24, 2.45) is 5.92 Å². The van der Waals surface area contributed by atoms with Crippen molar-refractivity contribution in [3.8, 4) is 0 Å². The van der Waals surface area contributed by atoms with Gasteiger partial charge in [-0.25, -0.2) is 0 Å². The van der Waals surface area contributed by atoms with Gasteiger partial charge in [0.1, 0.15) is 0 Å². The number of hydrogen-bond acceptors (Lipinski definition) is 1. The Kier molecular flexibility index (Phi) is 7.28. The van der Waals surface area contributed by atoms with E-state index in [1.54, 1.807) is 6.26 Å². The number of hydrogen-bond donors (Lipinski definition) is 0. The lowest BCUT2D eigenvalue weighted by Crippen LogP contribution is -2.06. The van der Waals surface area contributed by atoms with Crippen molar-refractivity contribution in [2.75, 3.05) is 17.3 Å². The molecule has 0 saturated carbocycles. The predicted octanol–water partition coefficient (Wildman–Crippen LogP) is 2.34. The molecule has 0 aliphatic rings. The molecule has 2 atom stereocenters. The van der Waals surface area contributed by atoms with E-state index < -0.39 is 10.8 Å². The molecule has 66 valence electrons. The Morgan fingerprint density at radius 3 is 2.73 bits per heavy atom. The fourth-order valence-corrected chi connectivity index (χ4v) is 2.08. The first kappa shape index (κ1) is 11.4. The van der Waals surface area contributed by atoms with Crippen LogP contribution in [0.5, 0.6) is 0 Å². The predicted molar refractivity (Wildman–Crippen MR) is 55.6 cm³/mol. The second kappa shape index (κ2) is 7.04. The number of allylic oxidation sites excluding steroid dienone is 1. The van der Waals surface area contributed by atoms with E-state index in [4.69, 9.17) is 0 Å². The third kappa shape index (κ3) is 6.76. The molecule has 0 rings (SSSR count). The summed E-state index contributed by atoms with van der Waals surface area (Å²) in [7, 11) is -0.646. The normalized spacial score (nSPS) is 15.8. The number of alkyl halides is 1. The maximum atomic E-state index is 10.7. The van der Waals surface area contributed by atoms with Gasteiger partial charge in [-0.2, -0.15) is 0 Å². The second-order valence-electron chi connectivity index (χ2n) is 2.61. The maximum Gasteiger partial charge on any atom is 0.0235 e. The lowest BCUT2D eigenvalue weighted by molar-refractivity contribution is 0.585. The fraction of sp³-hybridized carbons (Fsp3) is 0.750. The molecular weight excluding hydrogens is 224 g/mol. The third-order valence-electron chi connectivity index (χ3n) is 1.53. The minimum absolute atomic E-state index is 0.608. The summed E-state index contributed by atoms with van der Waals surface area (Å²) in [6, 6.07) is 0. The third-order valence-corrected chi connectivity index (χ3v) is 3.26. The largest absolute Gasteiger partial charge is 0.260 e. The zero-order valence-electron chi connectivity index (χ0n) is 6.88. The Morgan fingerprint density at radius 2 is 2.36 bits per heavy atom. The molecule has 0 aromatic carbocycles. The Hall–Kier alpha value is 0.370. The molecule has 0 amide bonds. The smallest absolute Gasteiger partial charge is 0.0235 e. The molecule has 0 N–H and O–H groups in total. The highest BCUT2D eigenvalue weighted by Gasteiger charge is 2.05. The molecule has 0 heterocycles. The SMILES string of the molecule is C=CCC(CBr)CCS(C)=O. The molecule has 11 heavy (non-hydrogen) atoms. The van der Waals surface area contributed by atoms with E-state index in [-0.39, 0.29) is 0 Å². The van der Waals surface area contributed by atoms with Gasteiger partial charge in [-0.05, 0) is 18.8 Å². The van der Waals surface area contributed by atoms with Crippen molar-refractivity contribution in [1.29, 1.82) is 0 Å². The molecule has 0 saturated heterocycles. The van der Waals surface area contributed by atoms with Gasteiger partial charge in [0, 0.05) is 28.1 Å². The van der Waals surface area contributed by atoms with Gasteiger partial charge >= 0.3 is 0 Å². The van der Waals surface area contributed by atoms with Gasteiger partial charge in [0.05, 0.1) is 0 Å². The van der Waals surface area contributed by atoms with E-state index >= 15 is 0 Å². The first-order chi connectivity index (χ1) is 5.20. The molecule has 0 aromatic heterocycles. The van der Waals surface area contributed by atoms with Crippen LogP contribution in [-0.4, -0.2) is 21.5 Å². The highest BCUT2D eigenvalue weighted by Crippen LogP contribution is 2.12. The van der Waals surface area contributed by atoms with Gasteiger partial charge in [-0.1, -0.05) is 22.0 Å². The molecule has 0 aliphatic carbocycles. The van der Waals surface area contributed by atoms with E-state index in [0.717, 1.165) is 23.9 Å². The first-order valence-corrected chi connectivity index (χ1v) is 6.52. The number of rotatable bonds is 6. The summed E-state index contributed by atoms with van der Waals surface area (Å²) in [5, 5.41) is 0.982. The summed E-state index contributed by atoms with van der Waals surface area (Å²) in [4.78, 5) is 0. The summed E-state index contributed by atoms with van der Waals surface area (Å²) in [6.45, 7) is 3.68. The maximum absolute atomic E-state index is 10.7.